The van der Waals surface area contributed by atoms with Crippen molar-refractivity contribution in [3.05, 3.63) is 33.5 Å². The Bertz CT molecular complexity index is 765. The summed E-state index contributed by atoms with van der Waals surface area (Å²) < 4.78 is 0. The summed E-state index contributed by atoms with van der Waals surface area (Å²) in [5, 5.41) is 16.4. The molecule has 4 N–H and O–H groups in total. The molecule has 8 nitrogen and oxygen atoms in total. The van der Waals surface area contributed by atoms with Crippen LogP contribution in [0, 0.1) is 13.8 Å². The highest BCUT2D eigenvalue weighted by molar-refractivity contribution is 7.09. The normalized spacial score (nSPS) is 21.2. The fourth-order valence-corrected chi connectivity index (χ4v) is 3.58. The number of hydrogen-bond donors (Lipinski definition) is 3. The minimum Gasteiger partial charge on any atom is -0.390 e. The molecule has 134 valence electrons. The number of aliphatic hydroxyl groups excluding tert-OH is 1. The minimum atomic E-state index is -0.632. The highest BCUT2D eigenvalue weighted by Crippen LogP contribution is 2.17. The number of aromatic nitrogens is 3. The standard InChI is InChI=1S/C16H22N6O2S/c1-9-12(5-18-16(17)19-9)15(24)21-13-3-4-22(7-14(13)23)6-11-8-25-10(2)20-11/h5,8,13-14,23H,3-4,6-7H2,1-2H3,(H,21,24)(H2,17,18,19)/t13-,14-/m1/s1. The first-order valence-corrected chi connectivity index (χ1v) is 9.01. The van der Waals surface area contributed by atoms with Gasteiger partial charge in [0.25, 0.3) is 5.91 Å². The van der Waals surface area contributed by atoms with E-state index in [1.54, 1.807) is 18.3 Å². The molecule has 2 aromatic heterocycles. The zero-order chi connectivity index (χ0) is 18.0. The number of piperidine rings is 1. The maximum absolute atomic E-state index is 12.4. The molecule has 0 aromatic carbocycles. The Morgan fingerprint density at radius 3 is 2.92 bits per heavy atom. The summed E-state index contributed by atoms with van der Waals surface area (Å²) in [5.74, 6) is -0.148. The number of β-amino-alcohol motifs (C(OH)–C–C–N with tert-alkyl or cyclic N) is 1. The molecule has 1 amide bonds. The molecule has 0 unspecified atom stereocenters. The smallest absolute Gasteiger partial charge is 0.255 e. The SMILES string of the molecule is Cc1nc(CN2CC[C@@H](NC(=O)c3cnc(N)nc3C)[C@H](O)C2)cs1. The average Bonchev–Trinajstić information content (AvgIpc) is 2.95. The lowest BCUT2D eigenvalue weighted by Crippen LogP contribution is -2.53. The van der Waals surface area contributed by atoms with Crippen molar-refractivity contribution in [1.29, 1.82) is 0 Å². The van der Waals surface area contributed by atoms with Crippen LogP contribution in [0.5, 0.6) is 0 Å². The summed E-state index contributed by atoms with van der Waals surface area (Å²) in [7, 11) is 0. The molecule has 9 heteroatoms. The Hall–Kier alpha value is -2.10. The van der Waals surface area contributed by atoms with Crippen LogP contribution in [0.2, 0.25) is 0 Å². The number of nitrogens with zero attached hydrogens (tertiary/aromatic N) is 4. The van der Waals surface area contributed by atoms with Crippen molar-refractivity contribution in [3.8, 4) is 0 Å². The van der Waals surface area contributed by atoms with E-state index >= 15 is 0 Å². The van der Waals surface area contributed by atoms with Gasteiger partial charge in [-0.3, -0.25) is 9.69 Å². The van der Waals surface area contributed by atoms with Crippen LogP contribution in [0.1, 0.15) is 33.2 Å². The summed E-state index contributed by atoms with van der Waals surface area (Å²) in [4.78, 5) is 26.9. The first-order chi connectivity index (χ1) is 11.9. The van der Waals surface area contributed by atoms with Gasteiger partial charge in [0.05, 0.1) is 34.1 Å². The average molecular weight is 362 g/mol. The molecule has 0 aliphatic carbocycles. The summed E-state index contributed by atoms with van der Waals surface area (Å²) in [6.07, 6.45) is 1.46. The molecule has 1 fully saturated rings. The van der Waals surface area contributed by atoms with Crippen LogP contribution < -0.4 is 11.1 Å². The molecule has 1 saturated heterocycles. The van der Waals surface area contributed by atoms with E-state index in [1.165, 1.54) is 6.20 Å². The van der Waals surface area contributed by atoms with Crippen molar-refractivity contribution in [1.82, 2.24) is 25.2 Å². The van der Waals surface area contributed by atoms with Gasteiger partial charge in [0.15, 0.2) is 0 Å². The Morgan fingerprint density at radius 2 is 2.28 bits per heavy atom. The first kappa shape index (κ1) is 17.7. The zero-order valence-corrected chi connectivity index (χ0v) is 15.1. The van der Waals surface area contributed by atoms with Crippen molar-refractivity contribution in [2.24, 2.45) is 0 Å². The molecule has 2 aromatic rings. The third-order valence-corrected chi connectivity index (χ3v) is 5.10. The fraction of sp³-hybridized carbons (Fsp3) is 0.500. The lowest BCUT2D eigenvalue weighted by atomic mass is 10.0. The zero-order valence-electron chi connectivity index (χ0n) is 14.3. The number of likely N-dealkylation sites (tertiary alicyclic amines) is 1. The van der Waals surface area contributed by atoms with Crippen molar-refractivity contribution < 1.29 is 9.90 Å². The van der Waals surface area contributed by atoms with Crippen LogP contribution in [0.3, 0.4) is 0 Å². The van der Waals surface area contributed by atoms with Crippen molar-refractivity contribution in [2.75, 3.05) is 18.8 Å². The molecule has 0 spiro atoms. The number of carbonyl (C=O) groups excluding carboxylic acids is 1. The second-order valence-electron chi connectivity index (χ2n) is 6.26. The van der Waals surface area contributed by atoms with Gasteiger partial charge in [-0.25, -0.2) is 15.0 Å². The summed E-state index contributed by atoms with van der Waals surface area (Å²) in [6.45, 7) is 5.69. The second kappa shape index (κ2) is 7.42. The van der Waals surface area contributed by atoms with Crippen LogP contribution in [-0.2, 0) is 6.54 Å². The first-order valence-electron chi connectivity index (χ1n) is 8.14. The number of rotatable bonds is 4. The molecule has 1 aliphatic rings. The summed E-state index contributed by atoms with van der Waals surface area (Å²) in [5.41, 5.74) is 7.43. The molecular formula is C16H22N6O2S. The van der Waals surface area contributed by atoms with Gasteiger partial charge >= 0.3 is 0 Å². The van der Waals surface area contributed by atoms with Gasteiger partial charge in [0.2, 0.25) is 5.95 Å². The Labute approximate surface area is 150 Å². The van der Waals surface area contributed by atoms with E-state index in [1.807, 2.05) is 12.3 Å². The van der Waals surface area contributed by atoms with Gasteiger partial charge in [-0.15, -0.1) is 11.3 Å². The lowest BCUT2D eigenvalue weighted by molar-refractivity contribution is 0.0345. The molecule has 1 aliphatic heterocycles. The molecule has 0 saturated carbocycles. The number of nitrogens with two attached hydrogens (primary N) is 1. The Balaban J connectivity index is 1.57. The quantitative estimate of drug-likeness (QED) is 0.725. The van der Waals surface area contributed by atoms with Crippen LogP contribution in [0.25, 0.3) is 0 Å². The minimum absolute atomic E-state index is 0.139. The van der Waals surface area contributed by atoms with Gasteiger partial charge in [0.1, 0.15) is 0 Å². The van der Waals surface area contributed by atoms with Crippen molar-refractivity contribution in [3.63, 3.8) is 0 Å². The molecule has 0 bridgehead atoms. The summed E-state index contributed by atoms with van der Waals surface area (Å²) in [6, 6.07) is -0.294. The second-order valence-corrected chi connectivity index (χ2v) is 7.32. The number of anilines is 1. The fourth-order valence-electron chi connectivity index (χ4n) is 2.97. The van der Waals surface area contributed by atoms with Crippen LogP contribution in [0.15, 0.2) is 11.6 Å². The Kier molecular flexibility index (Phi) is 5.26. The molecule has 2 atom stereocenters. The molecule has 25 heavy (non-hydrogen) atoms. The number of thiazole rings is 1. The van der Waals surface area contributed by atoms with Gasteiger partial charge in [0, 0.05) is 31.2 Å². The topological polar surface area (TPSA) is 117 Å². The lowest BCUT2D eigenvalue weighted by Gasteiger charge is -2.36. The van der Waals surface area contributed by atoms with Gasteiger partial charge in [-0.2, -0.15) is 0 Å². The van der Waals surface area contributed by atoms with E-state index in [9.17, 15) is 9.90 Å². The number of amides is 1. The van der Waals surface area contributed by atoms with E-state index in [-0.39, 0.29) is 17.9 Å². The Morgan fingerprint density at radius 1 is 1.48 bits per heavy atom. The maximum Gasteiger partial charge on any atom is 0.255 e. The molecule has 0 radical (unpaired) electrons. The van der Waals surface area contributed by atoms with Gasteiger partial charge < -0.3 is 16.2 Å². The third-order valence-electron chi connectivity index (χ3n) is 4.28. The van der Waals surface area contributed by atoms with Gasteiger partial charge in [-0.05, 0) is 20.3 Å². The van der Waals surface area contributed by atoms with Crippen LogP contribution in [-0.4, -0.2) is 56.1 Å². The predicted molar refractivity (Wildman–Crippen MR) is 95.2 cm³/mol. The number of aryl methyl sites for hydroxylation is 2. The predicted octanol–water partition coefficient (Wildman–Crippen LogP) is 0.497. The van der Waals surface area contributed by atoms with E-state index in [0.29, 0.717) is 30.8 Å². The molecular weight excluding hydrogens is 340 g/mol. The third kappa shape index (κ3) is 4.30. The summed E-state index contributed by atoms with van der Waals surface area (Å²) >= 11 is 1.62. The highest BCUT2D eigenvalue weighted by Gasteiger charge is 2.29. The van der Waals surface area contributed by atoms with Crippen LogP contribution >= 0.6 is 11.3 Å². The van der Waals surface area contributed by atoms with Gasteiger partial charge in [-0.1, -0.05) is 0 Å². The van der Waals surface area contributed by atoms with E-state index < -0.39 is 6.10 Å². The molecule has 3 heterocycles. The van der Waals surface area contributed by atoms with E-state index in [4.69, 9.17) is 5.73 Å². The number of carbonyl (C=O) groups is 1. The number of nitrogens with one attached hydrogen (secondary N) is 1. The molecule has 3 rings (SSSR count). The number of nitrogen functional groups attached to an aromatic ring is 1. The number of hydrogen-bond acceptors (Lipinski definition) is 8. The van der Waals surface area contributed by atoms with E-state index in [0.717, 1.165) is 17.2 Å². The largest absolute Gasteiger partial charge is 0.390 e. The van der Waals surface area contributed by atoms with Crippen molar-refractivity contribution >= 4 is 23.2 Å². The van der Waals surface area contributed by atoms with Crippen LogP contribution in [0.4, 0.5) is 5.95 Å². The monoisotopic (exact) mass is 362 g/mol. The highest BCUT2D eigenvalue weighted by atomic mass is 32.1. The maximum atomic E-state index is 12.4. The van der Waals surface area contributed by atoms with Crippen molar-refractivity contribution in [2.45, 2.75) is 39.0 Å². The van der Waals surface area contributed by atoms with E-state index in [2.05, 4.69) is 25.2 Å². The number of aliphatic hydroxyl groups is 1.